The molecule has 142 valence electrons. The second-order valence-electron chi connectivity index (χ2n) is 6.26. The van der Waals surface area contributed by atoms with Gasteiger partial charge < -0.3 is 19.2 Å². The number of hydrogen-bond acceptors (Lipinski definition) is 5. The van der Waals surface area contributed by atoms with Gasteiger partial charge in [0, 0.05) is 25.1 Å². The summed E-state index contributed by atoms with van der Waals surface area (Å²) in [6.45, 7) is 1.93. The van der Waals surface area contributed by atoms with E-state index in [4.69, 9.17) is 13.9 Å². The molecule has 0 aliphatic carbocycles. The van der Waals surface area contributed by atoms with Gasteiger partial charge in [-0.2, -0.15) is 5.10 Å². The van der Waals surface area contributed by atoms with Crippen molar-refractivity contribution in [2.75, 3.05) is 14.2 Å². The maximum atomic E-state index is 12.7. The average molecular weight is 369 g/mol. The lowest BCUT2D eigenvalue weighted by Gasteiger charge is -2.12. The van der Waals surface area contributed by atoms with Gasteiger partial charge in [0.1, 0.15) is 23.0 Å². The first-order chi connectivity index (χ1) is 13.0. The zero-order valence-corrected chi connectivity index (χ0v) is 15.9. The quantitative estimate of drug-likeness (QED) is 0.692. The van der Waals surface area contributed by atoms with E-state index in [1.165, 1.54) is 0 Å². The second-order valence-corrected chi connectivity index (χ2v) is 6.26. The highest BCUT2D eigenvalue weighted by atomic mass is 16.5. The number of nitrogens with zero attached hydrogens (tertiary/aromatic N) is 2. The SMILES string of the molecule is COc1ccc(OC)c(-c2cc(C(=O)NC(C)Cc3ccco3)n(C)n2)c1. The van der Waals surface area contributed by atoms with Crippen LogP contribution in [0, 0.1) is 0 Å². The van der Waals surface area contributed by atoms with E-state index in [1.54, 1.807) is 38.3 Å². The van der Waals surface area contributed by atoms with E-state index in [0.29, 0.717) is 29.3 Å². The van der Waals surface area contributed by atoms with Gasteiger partial charge in [-0.15, -0.1) is 0 Å². The predicted octanol–water partition coefficient (Wildman–Crippen LogP) is 3.06. The first-order valence-corrected chi connectivity index (χ1v) is 8.61. The Bertz CT molecular complexity index is 915. The van der Waals surface area contributed by atoms with Crippen molar-refractivity contribution in [2.24, 2.45) is 7.05 Å². The molecule has 1 atom stereocenters. The number of hydrogen-bond donors (Lipinski definition) is 1. The summed E-state index contributed by atoms with van der Waals surface area (Å²) < 4.78 is 17.6. The van der Waals surface area contributed by atoms with Gasteiger partial charge in [0.05, 0.1) is 26.2 Å². The zero-order chi connectivity index (χ0) is 19.4. The van der Waals surface area contributed by atoms with Crippen LogP contribution >= 0.6 is 0 Å². The largest absolute Gasteiger partial charge is 0.497 e. The van der Waals surface area contributed by atoms with Crippen molar-refractivity contribution in [3.63, 3.8) is 0 Å². The minimum Gasteiger partial charge on any atom is -0.497 e. The summed E-state index contributed by atoms with van der Waals surface area (Å²) in [6.07, 6.45) is 2.24. The molecule has 0 fully saturated rings. The van der Waals surface area contributed by atoms with Crippen molar-refractivity contribution < 1.29 is 18.7 Å². The number of aryl methyl sites for hydroxylation is 1. The number of carbonyl (C=O) groups is 1. The van der Waals surface area contributed by atoms with Gasteiger partial charge in [-0.25, -0.2) is 0 Å². The lowest BCUT2D eigenvalue weighted by Crippen LogP contribution is -2.35. The fourth-order valence-corrected chi connectivity index (χ4v) is 2.90. The molecule has 2 aromatic heterocycles. The number of aromatic nitrogens is 2. The Morgan fingerprint density at radius 2 is 2.07 bits per heavy atom. The predicted molar refractivity (Wildman–Crippen MR) is 101 cm³/mol. The van der Waals surface area contributed by atoms with Gasteiger partial charge in [-0.1, -0.05) is 0 Å². The second kappa shape index (κ2) is 7.99. The summed E-state index contributed by atoms with van der Waals surface area (Å²) in [5.74, 6) is 1.98. The monoisotopic (exact) mass is 369 g/mol. The Labute approximate surface area is 157 Å². The van der Waals surface area contributed by atoms with E-state index in [0.717, 1.165) is 11.3 Å². The molecule has 7 nitrogen and oxygen atoms in total. The van der Waals surface area contributed by atoms with E-state index in [9.17, 15) is 4.79 Å². The van der Waals surface area contributed by atoms with Gasteiger partial charge in [0.25, 0.3) is 5.91 Å². The fourth-order valence-electron chi connectivity index (χ4n) is 2.90. The van der Waals surface area contributed by atoms with Gasteiger partial charge in [0.2, 0.25) is 0 Å². The molecule has 1 amide bonds. The number of furan rings is 1. The van der Waals surface area contributed by atoms with Gasteiger partial charge in [-0.3, -0.25) is 9.48 Å². The van der Waals surface area contributed by atoms with E-state index in [-0.39, 0.29) is 11.9 Å². The van der Waals surface area contributed by atoms with Crippen molar-refractivity contribution >= 4 is 5.91 Å². The van der Waals surface area contributed by atoms with Crippen LogP contribution in [0.2, 0.25) is 0 Å². The summed E-state index contributed by atoms with van der Waals surface area (Å²) in [6, 6.07) is 10.9. The van der Waals surface area contributed by atoms with Gasteiger partial charge in [-0.05, 0) is 43.3 Å². The normalized spacial score (nSPS) is 11.9. The maximum absolute atomic E-state index is 12.7. The summed E-state index contributed by atoms with van der Waals surface area (Å²) >= 11 is 0. The molecule has 3 rings (SSSR count). The van der Waals surface area contributed by atoms with Crippen LogP contribution in [0.15, 0.2) is 47.1 Å². The van der Waals surface area contributed by atoms with Crippen LogP contribution in [0.1, 0.15) is 23.2 Å². The van der Waals surface area contributed by atoms with E-state index < -0.39 is 0 Å². The molecule has 27 heavy (non-hydrogen) atoms. The molecule has 1 N–H and O–H groups in total. The van der Waals surface area contributed by atoms with E-state index in [2.05, 4.69) is 10.4 Å². The third-order valence-corrected chi connectivity index (χ3v) is 4.26. The van der Waals surface area contributed by atoms with E-state index >= 15 is 0 Å². The number of rotatable bonds is 7. The smallest absolute Gasteiger partial charge is 0.269 e. The third-order valence-electron chi connectivity index (χ3n) is 4.26. The molecule has 1 unspecified atom stereocenters. The highest BCUT2D eigenvalue weighted by Gasteiger charge is 2.19. The first-order valence-electron chi connectivity index (χ1n) is 8.61. The number of benzene rings is 1. The van der Waals surface area contributed by atoms with E-state index in [1.807, 2.05) is 37.3 Å². The molecule has 0 saturated carbocycles. The van der Waals surface area contributed by atoms with Crippen molar-refractivity contribution in [3.8, 4) is 22.8 Å². The topological polar surface area (TPSA) is 78.5 Å². The number of methoxy groups -OCH3 is 2. The number of amides is 1. The lowest BCUT2D eigenvalue weighted by molar-refractivity contribution is 0.0929. The standard InChI is InChI=1S/C20H23N3O4/c1-13(10-15-6-5-9-27-15)21-20(24)18-12-17(22-23(18)2)16-11-14(25-3)7-8-19(16)26-4/h5-9,11-13H,10H2,1-4H3,(H,21,24). The van der Waals surface area contributed by atoms with Crippen molar-refractivity contribution in [3.05, 3.63) is 54.1 Å². The summed E-state index contributed by atoms with van der Waals surface area (Å²) in [4.78, 5) is 12.7. The Morgan fingerprint density at radius 3 is 2.74 bits per heavy atom. The summed E-state index contributed by atoms with van der Waals surface area (Å²) in [5, 5.41) is 7.45. The molecule has 7 heteroatoms. The Balaban J connectivity index is 1.81. The van der Waals surface area contributed by atoms with Crippen molar-refractivity contribution in [2.45, 2.75) is 19.4 Å². The van der Waals surface area contributed by atoms with Gasteiger partial charge in [0.15, 0.2) is 0 Å². The molecular weight excluding hydrogens is 346 g/mol. The molecule has 2 heterocycles. The third kappa shape index (κ3) is 4.13. The molecular formula is C20H23N3O4. The molecule has 3 aromatic rings. The van der Waals surface area contributed by atoms with Crippen LogP contribution in [0.25, 0.3) is 11.3 Å². The molecule has 0 saturated heterocycles. The molecule has 0 aliphatic rings. The zero-order valence-electron chi connectivity index (χ0n) is 15.9. The minimum atomic E-state index is -0.197. The number of carbonyl (C=O) groups excluding carboxylic acids is 1. The van der Waals surface area contributed by atoms with Crippen LogP contribution in [0.4, 0.5) is 0 Å². The maximum Gasteiger partial charge on any atom is 0.269 e. The number of nitrogens with one attached hydrogen (secondary N) is 1. The highest BCUT2D eigenvalue weighted by molar-refractivity contribution is 5.94. The molecule has 0 spiro atoms. The first kappa shape index (κ1) is 18.6. The average Bonchev–Trinajstić information content (AvgIpc) is 3.30. The fraction of sp³-hybridized carbons (Fsp3) is 0.300. The Morgan fingerprint density at radius 1 is 1.26 bits per heavy atom. The molecule has 0 radical (unpaired) electrons. The molecule has 0 bridgehead atoms. The van der Waals surface area contributed by atoms with Crippen molar-refractivity contribution in [1.29, 1.82) is 0 Å². The molecule has 0 aliphatic heterocycles. The van der Waals surface area contributed by atoms with Crippen LogP contribution in [-0.4, -0.2) is 35.9 Å². The highest BCUT2D eigenvalue weighted by Crippen LogP contribution is 2.32. The van der Waals surface area contributed by atoms with Gasteiger partial charge >= 0.3 is 0 Å². The number of ether oxygens (including phenoxy) is 2. The Kier molecular flexibility index (Phi) is 5.49. The van der Waals surface area contributed by atoms with Crippen LogP contribution in [0.5, 0.6) is 11.5 Å². The summed E-state index contributed by atoms with van der Waals surface area (Å²) in [7, 11) is 4.93. The van der Waals surface area contributed by atoms with Crippen LogP contribution in [0.3, 0.4) is 0 Å². The minimum absolute atomic E-state index is 0.0756. The van der Waals surface area contributed by atoms with Crippen LogP contribution in [-0.2, 0) is 13.5 Å². The lowest BCUT2D eigenvalue weighted by atomic mass is 10.1. The van der Waals surface area contributed by atoms with Crippen LogP contribution < -0.4 is 14.8 Å². The van der Waals surface area contributed by atoms with Crippen molar-refractivity contribution in [1.82, 2.24) is 15.1 Å². The molecule has 1 aromatic carbocycles. The Hall–Kier alpha value is -3.22. The summed E-state index contributed by atoms with van der Waals surface area (Å²) in [5.41, 5.74) is 1.85.